The summed E-state index contributed by atoms with van der Waals surface area (Å²) in [6.45, 7) is 2.24. The number of benzene rings is 2. The number of nitrogens with one attached hydrogen (secondary N) is 1. The Hall–Kier alpha value is -3.14. The first kappa shape index (κ1) is 24.5. The van der Waals surface area contributed by atoms with Crippen LogP contribution in [0.2, 0.25) is 10.0 Å². The number of aromatic nitrogens is 1. The maximum Gasteiger partial charge on any atom is 0.341 e. The zero-order chi connectivity index (χ0) is 25.6. The predicted molar refractivity (Wildman–Crippen MR) is 137 cm³/mol. The van der Waals surface area contributed by atoms with Crippen molar-refractivity contribution in [3.05, 3.63) is 68.2 Å². The number of pyridine rings is 1. The SMILES string of the molecule is O=C(CN1CCN(c2cc3c(cc2F)c(=O)c(C(=O)O)cn3C2CC2)CC1)Nc1ccc(Cl)c(Cl)c1. The molecular weight excluding hydrogens is 510 g/mol. The second-order valence-corrected chi connectivity index (χ2v) is 9.89. The van der Waals surface area contributed by atoms with E-state index >= 15 is 4.39 Å². The van der Waals surface area contributed by atoms with Crippen LogP contribution in [0, 0.1) is 5.82 Å². The molecular formula is C25H23Cl2FN4O4. The highest BCUT2D eigenvalue weighted by atomic mass is 35.5. The van der Waals surface area contributed by atoms with E-state index in [-0.39, 0.29) is 29.4 Å². The number of rotatable bonds is 6. The Bertz CT molecular complexity index is 1430. The van der Waals surface area contributed by atoms with Crippen LogP contribution in [0.3, 0.4) is 0 Å². The van der Waals surface area contributed by atoms with Crippen molar-refractivity contribution in [2.75, 3.05) is 42.9 Å². The molecule has 5 rings (SSSR count). The van der Waals surface area contributed by atoms with Crippen LogP contribution in [0.4, 0.5) is 15.8 Å². The molecule has 1 aromatic heterocycles. The Kier molecular flexibility index (Phi) is 6.63. The largest absolute Gasteiger partial charge is 0.477 e. The number of hydrogen-bond acceptors (Lipinski definition) is 5. The quantitative estimate of drug-likeness (QED) is 0.493. The van der Waals surface area contributed by atoms with Gasteiger partial charge in [-0.15, -0.1) is 0 Å². The Balaban J connectivity index is 1.30. The molecule has 11 heteroatoms. The minimum Gasteiger partial charge on any atom is -0.477 e. The molecule has 2 aliphatic rings. The zero-order valence-corrected chi connectivity index (χ0v) is 20.7. The highest BCUT2D eigenvalue weighted by molar-refractivity contribution is 6.42. The van der Waals surface area contributed by atoms with E-state index in [0.29, 0.717) is 53.1 Å². The van der Waals surface area contributed by atoms with Crippen LogP contribution in [0.5, 0.6) is 0 Å². The van der Waals surface area contributed by atoms with Crippen molar-refractivity contribution in [1.29, 1.82) is 0 Å². The molecule has 0 unspecified atom stereocenters. The number of nitrogens with zero attached hydrogens (tertiary/aromatic N) is 3. The van der Waals surface area contributed by atoms with Crippen LogP contribution >= 0.6 is 23.2 Å². The van der Waals surface area contributed by atoms with Crippen LogP contribution in [0.1, 0.15) is 29.2 Å². The van der Waals surface area contributed by atoms with Crippen LogP contribution in [-0.2, 0) is 4.79 Å². The molecule has 3 aromatic rings. The van der Waals surface area contributed by atoms with Gasteiger partial charge in [-0.3, -0.25) is 14.5 Å². The Morgan fingerprint density at radius 1 is 1.06 bits per heavy atom. The Labute approximate surface area is 215 Å². The molecule has 2 aromatic carbocycles. The van der Waals surface area contributed by atoms with E-state index in [1.807, 2.05) is 9.80 Å². The van der Waals surface area contributed by atoms with Crippen LogP contribution in [-0.4, -0.2) is 59.2 Å². The van der Waals surface area contributed by atoms with E-state index in [9.17, 15) is 19.5 Å². The van der Waals surface area contributed by atoms with Crippen molar-refractivity contribution in [3.8, 4) is 0 Å². The molecule has 2 N–H and O–H groups in total. The fourth-order valence-corrected chi connectivity index (χ4v) is 4.83. The number of fused-ring (bicyclic) bond motifs is 1. The van der Waals surface area contributed by atoms with Gasteiger partial charge in [-0.2, -0.15) is 0 Å². The van der Waals surface area contributed by atoms with E-state index in [1.165, 1.54) is 6.20 Å². The van der Waals surface area contributed by atoms with E-state index in [1.54, 1.807) is 28.8 Å². The minimum atomic E-state index is -1.32. The monoisotopic (exact) mass is 532 g/mol. The van der Waals surface area contributed by atoms with Crippen molar-refractivity contribution >= 4 is 57.4 Å². The number of carboxylic acid groups (broad SMARTS) is 1. The fraction of sp³-hybridized carbons (Fsp3) is 0.320. The van der Waals surface area contributed by atoms with Gasteiger partial charge >= 0.3 is 5.97 Å². The molecule has 0 spiro atoms. The normalized spacial score (nSPS) is 16.4. The van der Waals surface area contributed by atoms with Gasteiger partial charge < -0.3 is 19.9 Å². The molecule has 188 valence electrons. The average Bonchev–Trinajstić information content (AvgIpc) is 3.67. The zero-order valence-electron chi connectivity index (χ0n) is 19.1. The number of halogens is 3. The van der Waals surface area contributed by atoms with Gasteiger partial charge in [-0.05, 0) is 43.2 Å². The van der Waals surface area contributed by atoms with Crippen LogP contribution < -0.4 is 15.6 Å². The highest BCUT2D eigenvalue weighted by Gasteiger charge is 2.28. The van der Waals surface area contributed by atoms with Gasteiger partial charge in [-0.25, -0.2) is 9.18 Å². The lowest BCUT2D eigenvalue weighted by molar-refractivity contribution is -0.117. The third kappa shape index (κ3) is 4.91. The van der Waals surface area contributed by atoms with Crippen molar-refractivity contribution in [2.24, 2.45) is 0 Å². The summed E-state index contributed by atoms with van der Waals surface area (Å²) in [5.74, 6) is -2.09. The first-order valence-electron chi connectivity index (χ1n) is 11.5. The lowest BCUT2D eigenvalue weighted by Crippen LogP contribution is -2.49. The molecule has 1 saturated heterocycles. The standard InChI is InChI=1S/C25H23Cl2FN4O4/c26-18-4-1-14(9-19(18)27)29-23(33)13-30-5-7-31(8-6-30)22-11-21-16(10-20(22)28)24(34)17(25(35)36)12-32(21)15-2-3-15/h1,4,9-12,15H,2-3,5-8,13H2,(H,29,33)(H,35,36). The van der Waals surface area contributed by atoms with E-state index < -0.39 is 17.2 Å². The topological polar surface area (TPSA) is 94.9 Å². The average molecular weight is 533 g/mol. The number of aromatic carboxylic acids is 1. The number of carboxylic acids is 1. The maximum atomic E-state index is 15.1. The molecule has 2 heterocycles. The first-order chi connectivity index (χ1) is 17.2. The van der Waals surface area contributed by atoms with Gasteiger partial charge in [-0.1, -0.05) is 23.2 Å². The summed E-state index contributed by atoms with van der Waals surface area (Å²) in [5, 5.41) is 13.0. The van der Waals surface area contributed by atoms with Gasteiger partial charge in [0.1, 0.15) is 11.4 Å². The summed E-state index contributed by atoms with van der Waals surface area (Å²) < 4.78 is 16.9. The Morgan fingerprint density at radius 2 is 1.78 bits per heavy atom. The second-order valence-electron chi connectivity index (χ2n) is 9.08. The van der Waals surface area contributed by atoms with Crippen molar-refractivity contribution in [3.63, 3.8) is 0 Å². The number of carbonyl (C=O) groups excluding carboxylic acids is 1. The summed E-state index contributed by atoms with van der Waals surface area (Å²) in [4.78, 5) is 40.5. The van der Waals surface area contributed by atoms with Gasteiger partial charge in [0.05, 0.1) is 27.8 Å². The van der Waals surface area contributed by atoms with Gasteiger partial charge in [0.15, 0.2) is 0 Å². The minimum absolute atomic E-state index is 0.0701. The maximum absolute atomic E-state index is 15.1. The fourth-order valence-electron chi connectivity index (χ4n) is 4.53. The number of amides is 1. The highest BCUT2D eigenvalue weighted by Crippen LogP contribution is 2.38. The first-order valence-corrected chi connectivity index (χ1v) is 12.3. The lowest BCUT2D eigenvalue weighted by Gasteiger charge is -2.36. The molecule has 0 radical (unpaired) electrons. The summed E-state index contributed by atoms with van der Waals surface area (Å²) in [6.07, 6.45) is 3.14. The van der Waals surface area contributed by atoms with Gasteiger partial charge in [0.2, 0.25) is 11.3 Å². The third-order valence-electron chi connectivity index (χ3n) is 6.55. The summed E-state index contributed by atoms with van der Waals surface area (Å²) in [6, 6.07) is 7.77. The van der Waals surface area contributed by atoms with Gasteiger partial charge in [0.25, 0.3) is 0 Å². The molecule has 0 atom stereocenters. The molecule has 0 bridgehead atoms. The van der Waals surface area contributed by atoms with E-state index in [0.717, 1.165) is 18.9 Å². The summed E-state index contributed by atoms with van der Waals surface area (Å²) in [5.41, 5.74) is 0.414. The molecule has 1 aliphatic carbocycles. The number of anilines is 2. The van der Waals surface area contributed by atoms with Crippen molar-refractivity contribution in [2.45, 2.75) is 18.9 Å². The predicted octanol–water partition coefficient (Wildman–Crippen LogP) is 4.24. The molecule has 1 amide bonds. The molecule has 2 fully saturated rings. The number of piperazine rings is 1. The molecule has 1 aliphatic heterocycles. The summed E-state index contributed by atoms with van der Waals surface area (Å²) in [7, 11) is 0. The van der Waals surface area contributed by atoms with E-state index in [2.05, 4.69) is 5.32 Å². The third-order valence-corrected chi connectivity index (χ3v) is 7.29. The summed E-state index contributed by atoms with van der Waals surface area (Å²) >= 11 is 11.9. The van der Waals surface area contributed by atoms with Crippen LogP contribution in [0.15, 0.2) is 41.3 Å². The Morgan fingerprint density at radius 3 is 2.42 bits per heavy atom. The molecule has 1 saturated carbocycles. The smallest absolute Gasteiger partial charge is 0.341 e. The van der Waals surface area contributed by atoms with E-state index in [4.69, 9.17) is 23.2 Å². The second kappa shape index (κ2) is 9.72. The van der Waals surface area contributed by atoms with Crippen LogP contribution in [0.25, 0.3) is 10.9 Å². The molecule has 36 heavy (non-hydrogen) atoms. The van der Waals surface area contributed by atoms with Gasteiger partial charge in [0, 0.05) is 49.5 Å². The van der Waals surface area contributed by atoms with Crippen molar-refractivity contribution < 1.29 is 19.1 Å². The number of carbonyl (C=O) groups is 2. The lowest BCUT2D eigenvalue weighted by atomic mass is 10.1. The molecule has 8 nitrogen and oxygen atoms in total. The number of hydrogen-bond donors (Lipinski definition) is 2. The van der Waals surface area contributed by atoms with Crippen molar-refractivity contribution in [1.82, 2.24) is 9.47 Å².